The Morgan fingerprint density at radius 2 is 2.25 bits per heavy atom. The summed E-state index contributed by atoms with van der Waals surface area (Å²) in [6.45, 7) is 0. The molecule has 1 atom stereocenters. The molecule has 1 fully saturated rings. The van der Waals surface area contributed by atoms with E-state index in [0.29, 0.717) is 5.57 Å². The number of methoxy groups -OCH3 is 1. The molecular weight excluding hydrogens is 208 g/mol. The molecule has 1 saturated carbocycles. The fourth-order valence-corrected chi connectivity index (χ4v) is 2.37. The van der Waals surface area contributed by atoms with Crippen molar-refractivity contribution in [3.8, 4) is 0 Å². The highest BCUT2D eigenvalue weighted by Gasteiger charge is 2.35. The van der Waals surface area contributed by atoms with E-state index in [1.165, 1.54) is 13.5 Å². The van der Waals surface area contributed by atoms with Gasteiger partial charge in [-0.1, -0.05) is 6.42 Å². The Labute approximate surface area is 94.6 Å². The van der Waals surface area contributed by atoms with Gasteiger partial charge in [-0.25, -0.2) is 4.79 Å². The Kier molecular flexibility index (Phi) is 3.27. The van der Waals surface area contributed by atoms with E-state index in [0.717, 1.165) is 31.3 Å². The molecule has 88 valence electrons. The molecule has 0 aromatic rings. The Morgan fingerprint density at radius 3 is 3.00 bits per heavy atom. The SMILES string of the molecule is COC(=O)CC1=C2CCCCCC2OC1=O. The molecule has 1 unspecified atom stereocenters. The van der Waals surface area contributed by atoms with Crippen LogP contribution in [0.4, 0.5) is 0 Å². The molecule has 2 rings (SSSR count). The topological polar surface area (TPSA) is 52.6 Å². The van der Waals surface area contributed by atoms with E-state index in [1.54, 1.807) is 0 Å². The molecule has 0 radical (unpaired) electrons. The Hall–Kier alpha value is -1.32. The fraction of sp³-hybridized carbons (Fsp3) is 0.667. The maximum absolute atomic E-state index is 11.6. The van der Waals surface area contributed by atoms with Gasteiger partial charge in [-0.3, -0.25) is 4.79 Å². The first-order valence-electron chi connectivity index (χ1n) is 5.72. The molecule has 2 aliphatic rings. The van der Waals surface area contributed by atoms with Crippen molar-refractivity contribution in [2.24, 2.45) is 0 Å². The zero-order valence-electron chi connectivity index (χ0n) is 9.45. The quantitative estimate of drug-likeness (QED) is 0.670. The lowest BCUT2D eigenvalue weighted by Crippen LogP contribution is -2.10. The van der Waals surface area contributed by atoms with Crippen LogP contribution in [0.15, 0.2) is 11.1 Å². The number of esters is 2. The molecule has 1 aliphatic carbocycles. The molecule has 0 amide bonds. The van der Waals surface area contributed by atoms with Gasteiger partial charge in [0.1, 0.15) is 6.10 Å². The normalized spacial score (nSPS) is 24.8. The van der Waals surface area contributed by atoms with E-state index < -0.39 is 0 Å². The van der Waals surface area contributed by atoms with Gasteiger partial charge in [0.2, 0.25) is 0 Å². The molecule has 16 heavy (non-hydrogen) atoms. The third-order valence-corrected chi connectivity index (χ3v) is 3.23. The van der Waals surface area contributed by atoms with Crippen LogP contribution in [0.25, 0.3) is 0 Å². The van der Waals surface area contributed by atoms with Crippen LogP contribution in [0.2, 0.25) is 0 Å². The minimum absolute atomic E-state index is 0.0567. The van der Waals surface area contributed by atoms with Crippen LogP contribution in [-0.4, -0.2) is 25.2 Å². The highest BCUT2D eigenvalue weighted by atomic mass is 16.6. The van der Waals surface area contributed by atoms with Crippen molar-refractivity contribution in [1.29, 1.82) is 0 Å². The summed E-state index contributed by atoms with van der Waals surface area (Å²) in [5.41, 5.74) is 1.58. The van der Waals surface area contributed by atoms with Crippen LogP contribution in [0.1, 0.15) is 38.5 Å². The predicted molar refractivity (Wildman–Crippen MR) is 56.6 cm³/mol. The van der Waals surface area contributed by atoms with E-state index in [9.17, 15) is 9.59 Å². The van der Waals surface area contributed by atoms with Crippen molar-refractivity contribution in [2.75, 3.05) is 7.11 Å². The second-order valence-corrected chi connectivity index (χ2v) is 4.25. The summed E-state index contributed by atoms with van der Waals surface area (Å²) >= 11 is 0. The molecule has 0 aromatic carbocycles. The van der Waals surface area contributed by atoms with Crippen LogP contribution in [0.3, 0.4) is 0 Å². The molecule has 0 saturated heterocycles. The van der Waals surface area contributed by atoms with Crippen molar-refractivity contribution < 1.29 is 19.1 Å². The van der Waals surface area contributed by atoms with Gasteiger partial charge in [0.15, 0.2) is 0 Å². The number of hydrogen-bond donors (Lipinski definition) is 0. The molecule has 4 nitrogen and oxygen atoms in total. The zero-order chi connectivity index (χ0) is 11.5. The Morgan fingerprint density at radius 1 is 1.44 bits per heavy atom. The highest BCUT2D eigenvalue weighted by molar-refractivity contribution is 5.97. The molecule has 0 spiro atoms. The number of carbonyl (C=O) groups excluding carboxylic acids is 2. The molecule has 0 N–H and O–H groups in total. The van der Waals surface area contributed by atoms with Crippen molar-refractivity contribution in [2.45, 2.75) is 44.6 Å². The molecular formula is C12H16O4. The van der Waals surface area contributed by atoms with Gasteiger partial charge in [-0.2, -0.15) is 0 Å². The van der Waals surface area contributed by atoms with Gasteiger partial charge in [-0.05, 0) is 31.3 Å². The van der Waals surface area contributed by atoms with Gasteiger partial charge in [0, 0.05) is 0 Å². The minimum atomic E-state index is -0.371. The summed E-state index contributed by atoms with van der Waals surface area (Å²) in [5, 5.41) is 0. The second kappa shape index (κ2) is 4.68. The third kappa shape index (κ3) is 2.10. The third-order valence-electron chi connectivity index (χ3n) is 3.23. The number of carbonyl (C=O) groups is 2. The van der Waals surface area contributed by atoms with Gasteiger partial charge in [0.05, 0.1) is 19.1 Å². The average Bonchev–Trinajstić information content (AvgIpc) is 2.46. The lowest BCUT2D eigenvalue weighted by molar-refractivity contribution is -0.144. The smallest absolute Gasteiger partial charge is 0.335 e. The van der Waals surface area contributed by atoms with Gasteiger partial charge >= 0.3 is 11.9 Å². The molecule has 1 heterocycles. The summed E-state index contributed by atoms with van der Waals surface area (Å²) in [5.74, 6) is -0.698. The first kappa shape index (κ1) is 11.2. The Balaban J connectivity index is 2.20. The van der Waals surface area contributed by atoms with Crippen LogP contribution in [0.5, 0.6) is 0 Å². The van der Waals surface area contributed by atoms with Crippen molar-refractivity contribution in [3.05, 3.63) is 11.1 Å². The summed E-state index contributed by atoms with van der Waals surface area (Å²) in [7, 11) is 1.33. The lowest BCUT2D eigenvalue weighted by atomic mass is 9.99. The molecule has 1 aliphatic heterocycles. The molecule has 0 bridgehead atoms. The van der Waals surface area contributed by atoms with Crippen LogP contribution >= 0.6 is 0 Å². The van der Waals surface area contributed by atoms with Gasteiger partial charge < -0.3 is 9.47 Å². The summed E-state index contributed by atoms with van der Waals surface area (Å²) in [6, 6.07) is 0. The number of rotatable bonds is 2. The van der Waals surface area contributed by atoms with Crippen molar-refractivity contribution in [1.82, 2.24) is 0 Å². The van der Waals surface area contributed by atoms with E-state index in [1.807, 2.05) is 0 Å². The number of ether oxygens (including phenoxy) is 2. The van der Waals surface area contributed by atoms with E-state index >= 15 is 0 Å². The Bertz CT molecular complexity index is 343. The van der Waals surface area contributed by atoms with Crippen LogP contribution in [-0.2, 0) is 19.1 Å². The zero-order valence-corrected chi connectivity index (χ0v) is 9.45. The molecule has 0 aromatic heterocycles. The number of fused-ring (bicyclic) bond motifs is 1. The predicted octanol–water partition coefficient (Wildman–Crippen LogP) is 1.74. The van der Waals surface area contributed by atoms with Gasteiger partial charge in [0.25, 0.3) is 0 Å². The minimum Gasteiger partial charge on any atom is -0.469 e. The lowest BCUT2D eigenvalue weighted by Gasteiger charge is -2.09. The monoisotopic (exact) mass is 224 g/mol. The van der Waals surface area contributed by atoms with Crippen molar-refractivity contribution >= 4 is 11.9 Å². The maximum atomic E-state index is 11.6. The first-order chi connectivity index (χ1) is 7.72. The van der Waals surface area contributed by atoms with Crippen molar-refractivity contribution in [3.63, 3.8) is 0 Å². The first-order valence-corrected chi connectivity index (χ1v) is 5.72. The van der Waals surface area contributed by atoms with Crippen LogP contribution < -0.4 is 0 Å². The molecule has 4 heteroatoms. The average molecular weight is 224 g/mol. The van der Waals surface area contributed by atoms with Crippen LogP contribution in [0, 0.1) is 0 Å². The summed E-state index contributed by atoms with van der Waals surface area (Å²) < 4.78 is 9.87. The largest absolute Gasteiger partial charge is 0.469 e. The fourth-order valence-electron chi connectivity index (χ4n) is 2.37. The van der Waals surface area contributed by atoms with E-state index in [2.05, 4.69) is 4.74 Å². The number of hydrogen-bond acceptors (Lipinski definition) is 4. The standard InChI is InChI=1S/C12H16O4/c1-15-11(13)7-9-8-5-3-2-4-6-10(8)16-12(9)14/h10H,2-7H2,1H3. The van der Waals surface area contributed by atoms with Gasteiger partial charge in [-0.15, -0.1) is 0 Å². The van der Waals surface area contributed by atoms with E-state index in [-0.39, 0.29) is 24.5 Å². The van der Waals surface area contributed by atoms with E-state index in [4.69, 9.17) is 4.74 Å². The summed E-state index contributed by atoms with van der Waals surface area (Å²) in [4.78, 5) is 22.8. The second-order valence-electron chi connectivity index (χ2n) is 4.25. The summed E-state index contributed by atoms with van der Waals surface area (Å²) in [6.07, 6.45) is 5.09. The highest BCUT2D eigenvalue weighted by Crippen LogP contribution is 2.34. The maximum Gasteiger partial charge on any atom is 0.335 e.